The molecule has 8 heteroatoms. The minimum Gasteiger partial charge on any atom is -0.481 e. The van der Waals surface area contributed by atoms with Crippen molar-refractivity contribution in [1.29, 1.82) is 0 Å². The summed E-state index contributed by atoms with van der Waals surface area (Å²) in [5.74, 6) is -0.992. The first kappa shape index (κ1) is 35.1. The fourth-order valence-electron chi connectivity index (χ4n) is 10.5. The topological polar surface area (TPSA) is 141 Å². The molecule has 2 saturated carbocycles. The van der Waals surface area contributed by atoms with Gasteiger partial charge in [0.15, 0.2) is 11.9 Å². The standard InChI is InChI=1S/C36H58O8/c1-21(10-13-27(37)32(4,5)42)22-14-16-36(9)24-11-12-26-31(2,3)30(41)25(44-29(40)20-33(6,43)19-28(38)39)18-34(26,7)23(24)15-17-35(22,36)8/h21-22,25-27,37,42-43H,10-20H2,1-9H3,(H,38,39)/t21-,22-,25-,26?,27-,33?,34-,35-,36+/m1/s1. The second-order valence-corrected chi connectivity index (χ2v) is 17.1. The molecule has 0 saturated heterocycles. The zero-order valence-electron chi connectivity index (χ0n) is 28.6. The Morgan fingerprint density at radius 2 is 1.59 bits per heavy atom. The molecule has 0 aliphatic heterocycles. The smallest absolute Gasteiger partial charge is 0.309 e. The SMILES string of the molecule is C[C@H](CC[C@@H](O)C(C)(C)O)[C@H]1CC[C@@]2(C)C3=C(CC[C@]12C)[C@@]1(C)C[C@@H](OC(=O)CC(C)(O)CC(=O)O)C(=O)C(C)(C)C1CC3. The number of aliphatic carboxylic acids is 1. The van der Waals surface area contributed by atoms with Crippen LogP contribution in [0.15, 0.2) is 11.1 Å². The number of hydrogen-bond acceptors (Lipinski definition) is 7. The van der Waals surface area contributed by atoms with Crippen LogP contribution < -0.4 is 0 Å². The van der Waals surface area contributed by atoms with Crippen molar-refractivity contribution < 1.29 is 39.5 Å². The summed E-state index contributed by atoms with van der Waals surface area (Å²) in [5, 5.41) is 40.3. The number of hydrogen-bond donors (Lipinski definition) is 4. The minimum absolute atomic E-state index is 0.0235. The van der Waals surface area contributed by atoms with Crippen LogP contribution in [0.2, 0.25) is 0 Å². The molecule has 0 spiro atoms. The lowest BCUT2D eigenvalue weighted by Crippen LogP contribution is -2.58. The number of rotatable bonds is 10. The van der Waals surface area contributed by atoms with Crippen LogP contribution in [0.25, 0.3) is 0 Å². The van der Waals surface area contributed by atoms with Gasteiger partial charge in [-0.05, 0) is 106 Å². The van der Waals surface area contributed by atoms with E-state index in [2.05, 4.69) is 27.7 Å². The van der Waals surface area contributed by atoms with Gasteiger partial charge in [-0.3, -0.25) is 14.4 Å². The van der Waals surface area contributed by atoms with Crippen molar-refractivity contribution in [2.75, 3.05) is 0 Å². The lowest BCUT2D eigenvalue weighted by molar-refractivity contribution is -0.174. The van der Waals surface area contributed by atoms with E-state index in [1.807, 2.05) is 13.8 Å². The summed E-state index contributed by atoms with van der Waals surface area (Å²) in [6.45, 7) is 18.1. The van der Waals surface area contributed by atoms with Crippen molar-refractivity contribution in [2.24, 2.45) is 39.4 Å². The number of carbonyl (C=O) groups is 3. The number of ketones is 1. The summed E-state index contributed by atoms with van der Waals surface area (Å²) in [6.07, 6.45) is 5.21. The van der Waals surface area contributed by atoms with Crippen LogP contribution in [-0.2, 0) is 19.1 Å². The summed E-state index contributed by atoms with van der Waals surface area (Å²) in [7, 11) is 0. The molecule has 0 bridgehead atoms. The maximum absolute atomic E-state index is 13.8. The van der Waals surface area contributed by atoms with Gasteiger partial charge in [-0.25, -0.2) is 0 Å². The maximum Gasteiger partial charge on any atom is 0.309 e. The number of fused-ring (bicyclic) bond motifs is 4. The molecular weight excluding hydrogens is 560 g/mol. The first-order valence-corrected chi connectivity index (χ1v) is 16.8. The Kier molecular flexibility index (Phi) is 9.16. The third kappa shape index (κ3) is 5.92. The van der Waals surface area contributed by atoms with E-state index in [9.17, 15) is 29.7 Å². The molecule has 0 radical (unpaired) electrons. The molecule has 0 heterocycles. The molecule has 0 aromatic rings. The Hall–Kier alpha value is -1.77. The number of Topliss-reactive ketones (excluding diaryl/α,β-unsaturated/α-hetero) is 1. The lowest BCUT2D eigenvalue weighted by atomic mass is 9.43. The predicted molar refractivity (Wildman–Crippen MR) is 168 cm³/mol. The maximum atomic E-state index is 13.8. The van der Waals surface area contributed by atoms with E-state index in [-0.39, 0.29) is 27.9 Å². The van der Waals surface area contributed by atoms with Crippen LogP contribution in [0.4, 0.5) is 0 Å². The fourth-order valence-corrected chi connectivity index (χ4v) is 10.5. The average Bonchev–Trinajstić information content (AvgIpc) is 3.15. The van der Waals surface area contributed by atoms with Crippen molar-refractivity contribution in [3.05, 3.63) is 11.1 Å². The van der Waals surface area contributed by atoms with Crippen molar-refractivity contribution >= 4 is 17.7 Å². The van der Waals surface area contributed by atoms with Gasteiger partial charge in [0.2, 0.25) is 0 Å². The summed E-state index contributed by atoms with van der Waals surface area (Å²) in [4.78, 5) is 37.9. The molecule has 4 aliphatic rings. The molecule has 2 unspecified atom stereocenters. The Morgan fingerprint density at radius 3 is 2.18 bits per heavy atom. The zero-order valence-corrected chi connectivity index (χ0v) is 28.6. The van der Waals surface area contributed by atoms with Gasteiger partial charge in [0, 0.05) is 11.8 Å². The van der Waals surface area contributed by atoms with Gasteiger partial charge < -0.3 is 25.2 Å². The molecule has 8 nitrogen and oxygen atoms in total. The number of allylic oxidation sites excluding steroid dienone is 2. The van der Waals surface area contributed by atoms with E-state index in [0.717, 1.165) is 44.9 Å². The van der Waals surface area contributed by atoms with Gasteiger partial charge in [-0.2, -0.15) is 0 Å². The number of ether oxygens (including phenoxy) is 1. The highest BCUT2D eigenvalue weighted by atomic mass is 16.5. The quantitative estimate of drug-likeness (QED) is 0.173. The van der Waals surface area contributed by atoms with Crippen molar-refractivity contribution in [2.45, 2.75) is 156 Å². The third-order valence-corrected chi connectivity index (χ3v) is 13.2. The van der Waals surface area contributed by atoms with Gasteiger partial charge in [-0.1, -0.05) is 52.7 Å². The zero-order chi connectivity index (χ0) is 33.3. The van der Waals surface area contributed by atoms with Gasteiger partial charge in [-0.15, -0.1) is 0 Å². The van der Waals surface area contributed by atoms with Gasteiger partial charge in [0.05, 0.1) is 30.1 Å². The van der Waals surface area contributed by atoms with Crippen molar-refractivity contribution in [1.82, 2.24) is 0 Å². The molecule has 4 N–H and O–H groups in total. The van der Waals surface area contributed by atoms with E-state index in [4.69, 9.17) is 9.84 Å². The average molecular weight is 619 g/mol. The highest BCUT2D eigenvalue weighted by molar-refractivity contribution is 5.92. The number of carboxylic acid groups (broad SMARTS) is 1. The first-order chi connectivity index (χ1) is 20.0. The van der Waals surface area contributed by atoms with Crippen LogP contribution in [0, 0.1) is 39.4 Å². The lowest BCUT2D eigenvalue weighted by Gasteiger charge is -2.61. The largest absolute Gasteiger partial charge is 0.481 e. The van der Waals surface area contributed by atoms with Crippen LogP contribution in [0.3, 0.4) is 0 Å². The molecule has 4 rings (SSSR count). The number of aliphatic hydroxyl groups is 3. The molecule has 0 aromatic heterocycles. The van der Waals surface area contributed by atoms with Crippen molar-refractivity contribution in [3.8, 4) is 0 Å². The molecule has 4 aliphatic carbocycles. The summed E-state index contributed by atoms with van der Waals surface area (Å²) >= 11 is 0. The van der Waals surface area contributed by atoms with E-state index >= 15 is 0 Å². The monoisotopic (exact) mass is 618 g/mol. The van der Waals surface area contributed by atoms with Gasteiger partial charge in [0.25, 0.3) is 0 Å². The van der Waals surface area contributed by atoms with E-state index in [1.165, 1.54) is 18.1 Å². The number of carboxylic acids is 1. The molecule has 9 atom stereocenters. The highest BCUT2D eigenvalue weighted by Crippen LogP contribution is 2.72. The van der Waals surface area contributed by atoms with Crippen molar-refractivity contribution in [3.63, 3.8) is 0 Å². The number of aliphatic hydroxyl groups excluding tert-OH is 1. The highest BCUT2D eigenvalue weighted by Gasteiger charge is 2.65. The van der Waals surface area contributed by atoms with Crippen LogP contribution in [0.5, 0.6) is 0 Å². The second-order valence-electron chi connectivity index (χ2n) is 17.1. The summed E-state index contributed by atoms with van der Waals surface area (Å²) in [5.41, 5.74) is -0.765. The van der Waals surface area contributed by atoms with E-state index in [1.54, 1.807) is 13.8 Å². The molecule has 44 heavy (non-hydrogen) atoms. The Balaban J connectivity index is 1.60. The molecular formula is C36H58O8. The van der Waals surface area contributed by atoms with Crippen LogP contribution in [-0.4, -0.2) is 61.6 Å². The third-order valence-electron chi connectivity index (χ3n) is 13.2. The predicted octanol–water partition coefficient (Wildman–Crippen LogP) is 5.99. The minimum atomic E-state index is -1.76. The molecule has 0 aromatic carbocycles. The van der Waals surface area contributed by atoms with Crippen LogP contribution >= 0.6 is 0 Å². The molecule has 250 valence electrons. The Bertz CT molecular complexity index is 1190. The Morgan fingerprint density at radius 1 is 0.955 bits per heavy atom. The number of esters is 1. The summed E-state index contributed by atoms with van der Waals surface area (Å²) < 4.78 is 5.80. The van der Waals surface area contributed by atoms with Gasteiger partial charge in [0.1, 0.15) is 0 Å². The first-order valence-electron chi connectivity index (χ1n) is 16.8. The number of carbonyl (C=O) groups excluding carboxylic acids is 2. The normalized spacial score (nSPS) is 37.7. The second kappa shape index (κ2) is 11.5. The van der Waals surface area contributed by atoms with E-state index < -0.39 is 53.6 Å². The van der Waals surface area contributed by atoms with E-state index in [0.29, 0.717) is 24.7 Å². The molecule has 2 fully saturated rings. The summed E-state index contributed by atoms with van der Waals surface area (Å²) in [6, 6.07) is 0. The fraction of sp³-hybridized carbons (Fsp3) is 0.861. The Labute approximate surface area is 264 Å². The molecule has 0 amide bonds. The van der Waals surface area contributed by atoms with Crippen LogP contribution in [0.1, 0.15) is 133 Å². The van der Waals surface area contributed by atoms with Gasteiger partial charge >= 0.3 is 11.9 Å².